The first-order valence-corrected chi connectivity index (χ1v) is 6.59. The fourth-order valence-electron chi connectivity index (χ4n) is 2.18. The quantitative estimate of drug-likeness (QED) is 0.887. The van der Waals surface area contributed by atoms with Gasteiger partial charge in [0, 0.05) is 19.0 Å². The van der Waals surface area contributed by atoms with Gasteiger partial charge in [-0.25, -0.2) is 8.78 Å². The lowest BCUT2D eigenvalue weighted by molar-refractivity contribution is -0.121. The lowest BCUT2D eigenvalue weighted by Crippen LogP contribution is -2.42. The summed E-state index contributed by atoms with van der Waals surface area (Å²) in [5.41, 5.74) is -0.329. The highest BCUT2D eigenvalue weighted by atomic mass is 19.1. The van der Waals surface area contributed by atoms with E-state index in [1.807, 2.05) is 0 Å². The first-order valence-electron chi connectivity index (χ1n) is 6.59. The molecule has 1 aliphatic heterocycles. The van der Waals surface area contributed by atoms with E-state index < -0.39 is 17.5 Å². The van der Waals surface area contributed by atoms with Crippen LogP contribution in [0.4, 0.5) is 8.78 Å². The van der Waals surface area contributed by atoms with Crippen molar-refractivity contribution in [1.29, 1.82) is 0 Å². The van der Waals surface area contributed by atoms with Crippen LogP contribution in [0.1, 0.15) is 36.0 Å². The highest BCUT2D eigenvalue weighted by Gasteiger charge is 2.18. The van der Waals surface area contributed by atoms with Gasteiger partial charge in [0.15, 0.2) is 0 Å². The van der Waals surface area contributed by atoms with Crippen LogP contribution in [0, 0.1) is 11.6 Å². The molecule has 1 saturated heterocycles. The molecule has 0 aliphatic carbocycles. The molecule has 0 aromatic heterocycles. The fourth-order valence-corrected chi connectivity index (χ4v) is 2.18. The predicted molar refractivity (Wildman–Crippen MR) is 69.1 cm³/mol. The molecule has 1 aromatic carbocycles. The molecule has 1 aliphatic rings. The van der Waals surface area contributed by atoms with Gasteiger partial charge in [-0.3, -0.25) is 9.59 Å². The first kappa shape index (κ1) is 14.4. The van der Waals surface area contributed by atoms with Gasteiger partial charge in [0.2, 0.25) is 5.91 Å². The molecule has 2 N–H and O–H groups in total. The van der Waals surface area contributed by atoms with Crippen molar-refractivity contribution in [2.45, 2.75) is 31.7 Å². The number of nitrogens with one attached hydrogen (secondary N) is 2. The third kappa shape index (κ3) is 3.76. The highest BCUT2D eigenvalue weighted by Crippen LogP contribution is 2.11. The molecule has 0 spiro atoms. The molecular weight excluding hydrogens is 266 g/mol. The molecule has 108 valence electrons. The van der Waals surface area contributed by atoms with E-state index in [4.69, 9.17) is 0 Å². The van der Waals surface area contributed by atoms with Crippen molar-refractivity contribution in [3.8, 4) is 0 Å². The maximum atomic E-state index is 13.4. The molecule has 1 heterocycles. The Labute approximate surface area is 115 Å². The lowest BCUT2D eigenvalue weighted by atomic mass is 10.1. The van der Waals surface area contributed by atoms with Crippen LogP contribution in [0.2, 0.25) is 0 Å². The average molecular weight is 282 g/mol. The predicted octanol–water partition coefficient (Wildman–Crippen LogP) is 1.75. The minimum Gasteiger partial charge on any atom is -0.352 e. The number of rotatable bonds is 3. The largest absolute Gasteiger partial charge is 0.352 e. The number of carbonyl (C=O) groups is 2. The number of amides is 2. The number of hydrogen-bond donors (Lipinski definition) is 2. The zero-order valence-electron chi connectivity index (χ0n) is 10.9. The van der Waals surface area contributed by atoms with Gasteiger partial charge in [-0.05, 0) is 31.0 Å². The van der Waals surface area contributed by atoms with Crippen molar-refractivity contribution in [2.24, 2.45) is 0 Å². The van der Waals surface area contributed by atoms with Gasteiger partial charge in [0.1, 0.15) is 11.6 Å². The summed E-state index contributed by atoms with van der Waals surface area (Å²) in [6.45, 7) is 0.209. The zero-order valence-corrected chi connectivity index (χ0v) is 10.9. The van der Waals surface area contributed by atoms with Crippen LogP contribution in [0.15, 0.2) is 18.2 Å². The SMILES string of the molecule is O=C1CCCCC(CNC(=O)c2cc(F)ccc2F)N1. The standard InChI is InChI=1S/C14H16F2N2O2/c15-9-5-6-12(16)11(7-9)14(20)17-8-10-3-1-2-4-13(19)18-10/h5-7,10H,1-4,8H2,(H,17,20)(H,18,19). The topological polar surface area (TPSA) is 58.2 Å². The average Bonchev–Trinajstić information content (AvgIpc) is 2.63. The van der Waals surface area contributed by atoms with E-state index >= 15 is 0 Å². The minimum absolute atomic E-state index is 0.0429. The van der Waals surface area contributed by atoms with Crippen LogP contribution < -0.4 is 10.6 Å². The Morgan fingerprint density at radius 2 is 2.15 bits per heavy atom. The zero-order chi connectivity index (χ0) is 14.5. The van der Waals surface area contributed by atoms with Gasteiger partial charge in [-0.2, -0.15) is 0 Å². The van der Waals surface area contributed by atoms with Crippen LogP contribution in [0.3, 0.4) is 0 Å². The summed E-state index contributed by atoms with van der Waals surface area (Å²) in [6, 6.07) is 2.57. The second-order valence-corrected chi connectivity index (χ2v) is 4.84. The van der Waals surface area contributed by atoms with E-state index in [1.165, 1.54) is 0 Å². The van der Waals surface area contributed by atoms with Crippen molar-refractivity contribution >= 4 is 11.8 Å². The molecule has 1 unspecified atom stereocenters. The van der Waals surface area contributed by atoms with Crippen LogP contribution in [-0.2, 0) is 4.79 Å². The molecule has 20 heavy (non-hydrogen) atoms. The van der Waals surface area contributed by atoms with Crippen LogP contribution in [0.5, 0.6) is 0 Å². The summed E-state index contributed by atoms with van der Waals surface area (Å²) < 4.78 is 26.4. The summed E-state index contributed by atoms with van der Waals surface area (Å²) in [5.74, 6) is -2.16. The maximum Gasteiger partial charge on any atom is 0.254 e. The van der Waals surface area contributed by atoms with Crippen molar-refractivity contribution in [3.05, 3.63) is 35.4 Å². The van der Waals surface area contributed by atoms with E-state index in [9.17, 15) is 18.4 Å². The second kappa shape index (κ2) is 6.45. The molecule has 0 bridgehead atoms. The second-order valence-electron chi connectivity index (χ2n) is 4.84. The third-order valence-corrected chi connectivity index (χ3v) is 3.25. The van der Waals surface area contributed by atoms with Gasteiger partial charge >= 0.3 is 0 Å². The Morgan fingerprint density at radius 3 is 2.95 bits per heavy atom. The molecule has 1 aromatic rings. The number of carbonyl (C=O) groups excluding carboxylic acids is 2. The van der Waals surface area contributed by atoms with Gasteiger partial charge in [0.05, 0.1) is 5.56 Å². The molecule has 4 nitrogen and oxygen atoms in total. The Kier molecular flexibility index (Phi) is 4.65. The number of halogens is 2. The van der Waals surface area contributed by atoms with Crippen LogP contribution in [0.25, 0.3) is 0 Å². The van der Waals surface area contributed by atoms with Crippen LogP contribution >= 0.6 is 0 Å². The summed E-state index contributed by atoms with van der Waals surface area (Å²) >= 11 is 0. The summed E-state index contributed by atoms with van der Waals surface area (Å²) in [4.78, 5) is 23.2. The van der Waals surface area contributed by atoms with E-state index in [-0.39, 0.29) is 24.1 Å². The molecule has 0 radical (unpaired) electrons. The normalized spacial score (nSPS) is 19.1. The van der Waals surface area contributed by atoms with E-state index in [2.05, 4.69) is 10.6 Å². The maximum absolute atomic E-state index is 13.4. The van der Waals surface area contributed by atoms with E-state index in [1.54, 1.807) is 0 Å². The van der Waals surface area contributed by atoms with Crippen molar-refractivity contribution in [2.75, 3.05) is 6.54 Å². The van der Waals surface area contributed by atoms with Gasteiger partial charge in [-0.1, -0.05) is 6.42 Å². The van der Waals surface area contributed by atoms with E-state index in [0.29, 0.717) is 6.42 Å². The Hall–Kier alpha value is -1.98. The Morgan fingerprint density at radius 1 is 1.35 bits per heavy atom. The fraction of sp³-hybridized carbons (Fsp3) is 0.429. The smallest absolute Gasteiger partial charge is 0.254 e. The Balaban J connectivity index is 1.94. The number of hydrogen-bond acceptors (Lipinski definition) is 2. The first-order chi connectivity index (χ1) is 9.56. The molecule has 0 saturated carbocycles. The molecular formula is C14H16F2N2O2. The number of benzene rings is 1. The lowest BCUT2D eigenvalue weighted by Gasteiger charge is -2.16. The summed E-state index contributed by atoms with van der Waals surface area (Å²) in [7, 11) is 0. The summed E-state index contributed by atoms with van der Waals surface area (Å²) in [6.07, 6.45) is 2.98. The van der Waals surface area contributed by atoms with Crippen molar-refractivity contribution in [3.63, 3.8) is 0 Å². The molecule has 2 amide bonds. The van der Waals surface area contributed by atoms with Gasteiger partial charge in [-0.15, -0.1) is 0 Å². The molecule has 2 rings (SSSR count). The molecule has 1 atom stereocenters. The van der Waals surface area contributed by atoms with E-state index in [0.717, 1.165) is 37.5 Å². The van der Waals surface area contributed by atoms with Gasteiger partial charge < -0.3 is 10.6 Å². The van der Waals surface area contributed by atoms with Crippen LogP contribution in [-0.4, -0.2) is 24.4 Å². The summed E-state index contributed by atoms with van der Waals surface area (Å²) in [5, 5.41) is 5.31. The minimum atomic E-state index is -0.770. The van der Waals surface area contributed by atoms with Gasteiger partial charge in [0.25, 0.3) is 5.91 Å². The molecule has 1 fully saturated rings. The monoisotopic (exact) mass is 282 g/mol. The van der Waals surface area contributed by atoms with Crippen molar-refractivity contribution in [1.82, 2.24) is 10.6 Å². The molecule has 6 heteroatoms. The Bertz CT molecular complexity index is 520. The third-order valence-electron chi connectivity index (χ3n) is 3.25. The highest BCUT2D eigenvalue weighted by molar-refractivity contribution is 5.94. The van der Waals surface area contributed by atoms with Crippen molar-refractivity contribution < 1.29 is 18.4 Å².